The number of benzene rings is 2. The first-order valence-corrected chi connectivity index (χ1v) is 9.83. The third-order valence-electron chi connectivity index (χ3n) is 4.82. The van der Waals surface area contributed by atoms with Crippen LogP contribution in [0.2, 0.25) is 0 Å². The van der Waals surface area contributed by atoms with Crippen LogP contribution in [0, 0.1) is 0 Å². The number of carbonyl (C=O) groups excluding carboxylic acids is 3. The van der Waals surface area contributed by atoms with Gasteiger partial charge in [-0.05, 0) is 19.1 Å². The lowest BCUT2D eigenvalue weighted by Crippen LogP contribution is -2.56. The van der Waals surface area contributed by atoms with Gasteiger partial charge in [-0.15, -0.1) is 0 Å². The molecule has 0 N–H and O–H groups in total. The fraction of sp³-hybridized carbons (Fsp3) is 0.286. The van der Waals surface area contributed by atoms with Crippen LogP contribution in [0.15, 0.2) is 54.6 Å². The molecule has 1 heterocycles. The molecule has 1 aliphatic heterocycles. The van der Waals surface area contributed by atoms with Crippen molar-refractivity contribution in [1.82, 2.24) is 9.80 Å². The van der Waals surface area contributed by atoms with E-state index >= 15 is 0 Å². The Morgan fingerprint density at radius 3 is 2.04 bits per heavy atom. The summed E-state index contributed by atoms with van der Waals surface area (Å²) in [5, 5.41) is 0. The quantitative estimate of drug-likeness (QED) is 0.564. The maximum Gasteiger partial charge on any atom is 0.256 e. The largest absolute Gasteiger partial charge is 0.337 e. The lowest BCUT2D eigenvalue weighted by atomic mass is 10.0. The molecule has 1 aliphatic rings. The van der Waals surface area contributed by atoms with E-state index in [0.717, 1.165) is 0 Å². The summed E-state index contributed by atoms with van der Waals surface area (Å²) in [6, 6.07) is 15.5. The van der Waals surface area contributed by atoms with Crippen LogP contribution in [-0.2, 0) is 4.79 Å². The van der Waals surface area contributed by atoms with Gasteiger partial charge in [-0.2, -0.15) is 0 Å². The first-order chi connectivity index (χ1) is 13.4. The maximum absolute atomic E-state index is 12.9. The van der Waals surface area contributed by atoms with Crippen LogP contribution in [0.1, 0.15) is 33.2 Å². The Hall–Kier alpha value is -2.37. The second kappa shape index (κ2) is 8.76. The van der Waals surface area contributed by atoms with Gasteiger partial charge in [0, 0.05) is 42.4 Å². The molecular formula is C21H20Cl2N2O3. The van der Waals surface area contributed by atoms with Crippen LogP contribution in [0.5, 0.6) is 0 Å². The Labute approximate surface area is 173 Å². The summed E-state index contributed by atoms with van der Waals surface area (Å²) in [5.74, 6) is -0.561. The van der Waals surface area contributed by atoms with Crippen LogP contribution >= 0.6 is 23.2 Å². The zero-order valence-corrected chi connectivity index (χ0v) is 16.9. The van der Waals surface area contributed by atoms with E-state index in [1.165, 1.54) is 0 Å². The van der Waals surface area contributed by atoms with Crippen molar-refractivity contribution in [3.05, 3.63) is 71.3 Å². The standard InChI is InChI=1S/C21H20Cl2N2O3/c1-14-13-24(21(28)19(22)23)11-12-25(14)20(27)17-9-7-16(8-10-17)18(26)15-5-3-2-4-6-15/h2-10,14,19H,11-13H2,1H3/t14-/m1/s1. The number of nitrogens with zero attached hydrogens (tertiary/aromatic N) is 2. The van der Waals surface area contributed by atoms with Crippen molar-refractivity contribution in [2.45, 2.75) is 17.8 Å². The van der Waals surface area contributed by atoms with Crippen molar-refractivity contribution in [2.75, 3.05) is 19.6 Å². The fourth-order valence-corrected chi connectivity index (χ4v) is 3.56. The second-order valence-corrected chi connectivity index (χ2v) is 7.80. The minimum atomic E-state index is -1.09. The Kier molecular flexibility index (Phi) is 6.37. The van der Waals surface area contributed by atoms with Crippen LogP contribution in [0.25, 0.3) is 0 Å². The van der Waals surface area contributed by atoms with Crippen molar-refractivity contribution in [2.24, 2.45) is 0 Å². The van der Waals surface area contributed by atoms with Crippen LogP contribution in [0.3, 0.4) is 0 Å². The number of alkyl halides is 2. The van der Waals surface area contributed by atoms with Crippen molar-refractivity contribution < 1.29 is 14.4 Å². The molecule has 0 bridgehead atoms. The van der Waals surface area contributed by atoms with E-state index in [1.54, 1.807) is 46.2 Å². The minimum absolute atomic E-state index is 0.0863. The average molecular weight is 419 g/mol. The molecular weight excluding hydrogens is 399 g/mol. The Bertz CT molecular complexity index is 869. The predicted octanol–water partition coefficient (Wildman–Crippen LogP) is 3.39. The number of amides is 2. The van der Waals surface area contributed by atoms with E-state index in [2.05, 4.69) is 0 Å². The molecule has 2 aromatic rings. The molecule has 1 atom stereocenters. The molecule has 1 fully saturated rings. The van der Waals surface area contributed by atoms with Crippen molar-refractivity contribution in [1.29, 1.82) is 0 Å². The molecule has 146 valence electrons. The Morgan fingerprint density at radius 2 is 1.46 bits per heavy atom. The summed E-state index contributed by atoms with van der Waals surface area (Å²) in [4.78, 5) is 39.5. The van der Waals surface area contributed by atoms with Gasteiger partial charge >= 0.3 is 0 Å². The molecule has 1 saturated heterocycles. The van der Waals surface area contributed by atoms with Crippen molar-refractivity contribution in [3.8, 4) is 0 Å². The predicted molar refractivity (Wildman–Crippen MR) is 109 cm³/mol. The minimum Gasteiger partial charge on any atom is -0.337 e. The number of carbonyl (C=O) groups is 3. The number of ketones is 1. The number of hydrogen-bond donors (Lipinski definition) is 0. The van der Waals surface area contributed by atoms with E-state index in [1.807, 2.05) is 25.1 Å². The SMILES string of the molecule is C[C@@H]1CN(C(=O)C(Cl)Cl)CCN1C(=O)c1ccc(C(=O)c2ccccc2)cc1. The smallest absolute Gasteiger partial charge is 0.256 e. The van der Waals surface area contributed by atoms with Crippen molar-refractivity contribution >= 4 is 40.8 Å². The molecule has 0 saturated carbocycles. The van der Waals surface area contributed by atoms with E-state index in [9.17, 15) is 14.4 Å². The van der Waals surface area contributed by atoms with Crippen LogP contribution in [-0.4, -0.2) is 57.9 Å². The first kappa shape index (κ1) is 20.4. The highest BCUT2D eigenvalue weighted by molar-refractivity contribution is 6.53. The molecule has 7 heteroatoms. The summed E-state index contributed by atoms with van der Waals surface area (Å²) in [5.41, 5.74) is 1.64. The number of hydrogen-bond acceptors (Lipinski definition) is 3. The molecule has 2 amide bonds. The Balaban J connectivity index is 1.68. The zero-order valence-electron chi connectivity index (χ0n) is 15.3. The van der Waals surface area contributed by atoms with E-state index in [4.69, 9.17) is 23.2 Å². The zero-order chi connectivity index (χ0) is 20.3. The molecule has 5 nitrogen and oxygen atoms in total. The van der Waals surface area contributed by atoms with Crippen molar-refractivity contribution in [3.63, 3.8) is 0 Å². The average Bonchev–Trinajstić information content (AvgIpc) is 2.72. The first-order valence-electron chi connectivity index (χ1n) is 8.96. The highest BCUT2D eigenvalue weighted by atomic mass is 35.5. The summed E-state index contributed by atoms with van der Waals surface area (Å²) in [6.07, 6.45) is 0. The van der Waals surface area contributed by atoms with Gasteiger partial charge in [-0.3, -0.25) is 14.4 Å². The topological polar surface area (TPSA) is 57.7 Å². The highest BCUT2D eigenvalue weighted by Crippen LogP contribution is 2.18. The Morgan fingerprint density at radius 1 is 0.893 bits per heavy atom. The van der Waals surface area contributed by atoms with Gasteiger partial charge < -0.3 is 9.80 Å². The monoisotopic (exact) mass is 418 g/mol. The molecule has 0 unspecified atom stereocenters. The van der Waals surface area contributed by atoms with Gasteiger partial charge in [0.05, 0.1) is 0 Å². The molecule has 0 spiro atoms. The summed E-state index contributed by atoms with van der Waals surface area (Å²) in [6.45, 7) is 3.04. The molecule has 0 aromatic heterocycles. The van der Waals surface area contributed by atoms with Crippen LogP contribution < -0.4 is 0 Å². The maximum atomic E-state index is 12.9. The summed E-state index contributed by atoms with van der Waals surface area (Å²) in [7, 11) is 0. The molecule has 28 heavy (non-hydrogen) atoms. The molecule has 3 rings (SSSR count). The van der Waals surface area contributed by atoms with Gasteiger partial charge in [-0.1, -0.05) is 65.7 Å². The third kappa shape index (κ3) is 4.37. The van der Waals surface area contributed by atoms with Gasteiger partial charge in [0.15, 0.2) is 10.6 Å². The fourth-order valence-electron chi connectivity index (χ4n) is 3.28. The summed E-state index contributed by atoms with van der Waals surface area (Å²) >= 11 is 11.3. The number of halogens is 2. The molecule has 2 aromatic carbocycles. The van der Waals surface area contributed by atoms with E-state index in [-0.39, 0.29) is 23.6 Å². The van der Waals surface area contributed by atoms with Gasteiger partial charge in [0.25, 0.3) is 11.8 Å². The van der Waals surface area contributed by atoms with E-state index in [0.29, 0.717) is 36.3 Å². The second-order valence-electron chi connectivity index (χ2n) is 6.71. The van der Waals surface area contributed by atoms with Gasteiger partial charge in [0.2, 0.25) is 0 Å². The summed E-state index contributed by atoms with van der Waals surface area (Å²) < 4.78 is 0. The van der Waals surface area contributed by atoms with Gasteiger partial charge in [-0.25, -0.2) is 0 Å². The lowest BCUT2D eigenvalue weighted by Gasteiger charge is -2.40. The van der Waals surface area contributed by atoms with Gasteiger partial charge in [0.1, 0.15) is 0 Å². The third-order valence-corrected chi connectivity index (χ3v) is 5.19. The highest BCUT2D eigenvalue weighted by Gasteiger charge is 2.32. The van der Waals surface area contributed by atoms with E-state index < -0.39 is 4.84 Å². The normalized spacial score (nSPS) is 16.9. The molecule has 0 aliphatic carbocycles. The molecule has 0 radical (unpaired) electrons. The number of rotatable bonds is 4. The lowest BCUT2D eigenvalue weighted by molar-refractivity contribution is -0.131. The van der Waals surface area contributed by atoms with Crippen LogP contribution in [0.4, 0.5) is 0 Å². The number of piperazine rings is 1.